The molecule has 0 fully saturated rings. The summed E-state index contributed by atoms with van der Waals surface area (Å²) in [6, 6.07) is 20.0. The Bertz CT molecular complexity index is 1070. The Morgan fingerprint density at radius 2 is 1.87 bits per heavy atom. The predicted molar refractivity (Wildman–Crippen MR) is 117 cm³/mol. The smallest absolute Gasteiger partial charge is 0.242 e. The number of hydrogen-bond acceptors (Lipinski definition) is 3. The average Bonchev–Trinajstić information content (AvgIpc) is 2.77. The lowest BCUT2D eigenvalue weighted by Crippen LogP contribution is -2.42. The van der Waals surface area contributed by atoms with Gasteiger partial charge in [0.2, 0.25) is 11.8 Å². The second-order valence-corrected chi connectivity index (χ2v) is 7.52. The van der Waals surface area contributed by atoms with Gasteiger partial charge in [-0.15, -0.1) is 0 Å². The lowest BCUT2D eigenvalue weighted by molar-refractivity contribution is -0.133. The second-order valence-electron chi connectivity index (χ2n) is 7.52. The SMILES string of the molecule is CCOc1ccc2c(c1)CN(C(=O)CNC(=O)Cc1cccc3ccccc13)CC2. The first-order valence-electron chi connectivity index (χ1n) is 10.4. The van der Waals surface area contributed by atoms with Crippen molar-refractivity contribution in [1.82, 2.24) is 10.2 Å². The number of amides is 2. The van der Waals surface area contributed by atoms with Gasteiger partial charge >= 0.3 is 0 Å². The lowest BCUT2D eigenvalue weighted by Gasteiger charge is -2.29. The van der Waals surface area contributed by atoms with Gasteiger partial charge in [0.15, 0.2) is 0 Å². The fourth-order valence-corrected chi connectivity index (χ4v) is 3.97. The third-order valence-electron chi connectivity index (χ3n) is 5.52. The first kappa shape index (κ1) is 20.0. The minimum Gasteiger partial charge on any atom is -0.494 e. The highest BCUT2D eigenvalue weighted by Crippen LogP contribution is 2.24. The highest BCUT2D eigenvalue weighted by molar-refractivity contribution is 5.91. The molecule has 0 saturated heterocycles. The summed E-state index contributed by atoms with van der Waals surface area (Å²) in [5.74, 6) is 0.624. The molecule has 0 unspecified atom stereocenters. The molecule has 0 atom stereocenters. The molecule has 5 heteroatoms. The minimum atomic E-state index is -0.143. The Balaban J connectivity index is 1.34. The summed E-state index contributed by atoms with van der Waals surface area (Å²) in [5, 5.41) is 4.97. The van der Waals surface area contributed by atoms with E-state index in [0.717, 1.165) is 34.1 Å². The van der Waals surface area contributed by atoms with Crippen molar-refractivity contribution in [2.75, 3.05) is 19.7 Å². The van der Waals surface area contributed by atoms with Crippen molar-refractivity contribution in [2.24, 2.45) is 0 Å². The fourth-order valence-electron chi connectivity index (χ4n) is 3.97. The molecule has 1 N–H and O–H groups in total. The van der Waals surface area contributed by atoms with Gasteiger partial charge in [0.05, 0.1) is 19.6 Å². The number of ether oxygens (including phenoxy) is 1. The number of nitrogens with zero attached hydrogens (tertiary/aromatic N) is 1. The molecule has 0 aromatic heterocycles. The number of benzene rings is 3. The van der Waals surface area contributed by atoms with E-state index in [1.54, 1.807) is 4.90 Å². The maximum atomic E-state index is 12.7. The molecule has 0 spiro atoms. The molecule has 3 aromatic carbocycles. The highest BCUT2D eigenvalue weighted by Gasteiger charge is 2.21. The average molecular weight is 402 g/mol. The zero-order valence-corrected chi connectivity index (χ0v) is 17.2. The topological polar surface area (TPSA) is 58.6 Å². The molecule has 4 rings (SSSR count). The van der Waals surface area contributed by atoms with Gasteiger partial charge in [0.1, 0.15) is 5.75 Å². The standard InChI is InChI=1S/C25H26N2O3/c1-2-30-22-11-10-18-12-13-27(17-21(18)14-22)25(29)16-26-24(28)15-20-8-5-7-19-6-3-4-9-23(19)20/h3-11,14H,2,12-13,15-17H2,1H3,(H,26,28). The third-order valence-corrected chi connectivity index (χ3v) is 5.52. The van der Waals surface area contributed by atoms with Gasteiger partial charge in [0, 0.05) is 13.1 Å². The van der Waals surface area contributed by atoms with Crippen LogP contribution in [0.3, 0.4) is 0 Å². The van der Waals surface area contributed by atoms with Gasteiger partial charge in [-0.2, -0.15) is 0 Å². The summed E-state index contributed by atoms with van der Waals surface area (Å²) in [6.07, 6.45) is 1.08. The monoisotopic (exact) mass is 402 g/mol. The van der Waals surface area contributed by atoms with Crippen LogP contribution in [0.15, 0.2) is 60.7 Å². The van der Waals surface area contributed by atoms with Gasteiger partial charge in [-0.25, -0.2) is 0 Å². The third kappa shape index (κ3) is 4.46. The zero-order valence-electron chi connectivity index (χ0n) is 17.2. The van der Waals surface area contributed by atoms with Crippen molar-refractivity contribution in [3.05, 3.63) is 77.4 Å². The van der Waals surface area contributed by atoms with Crippen LogP contribution in [0.5, 0.6) is 5.75 Å². The molecule has 3 aromatic rings. The van der Waals surface area contributed by atoms with Crippen LogP contribution in [0.4, 0.5) is 0 Å². The summed E-state index contributed by atoms with van der Waals surface area (Å²) in [6.45, 7) is 3.80. The van der Waals surface area contributed by atoms with Crippen molar-refractivity contribution in [1.29, 1.82) is 0 Å². The largest absolute Gasteiger partial charge is 0.494 e. The van der Waals surface area contributed by atoms with Crippen LogP contribution >= 0.6 is 0 Å². The molecule has 154 valence electrons. The van der Waals surface area contributed by atoms with Gasteiger partial charge < -0.3 is 15.0 Å². The summed E-state index contributed by atoms with van der Waals surface area (Å²) in [5.41, 5.74) is 3.33. The fraction of sp³-hybridized carbons (Fsp3) is 0.280. The number of nitrogens with one attached hydrogen (secondary N) is 1. The Hall–Kier alpha value is -3.34. The van der Waals surface area contributed by atoms with Crippen LogP contribution in [0.25, 0.3) is 10.8 Å². The molecule has 0 radical (unpaired) electrons. The van der Waals surface area contributed by atoms with Crippen molar-refractivity contribution in [3.63, 3.8) is 0 Å². The molecule has 1 aliphatic heterocycles. The molecule has 0 bridgehead atoms. The molecule has 2 amide bonds. The van der Waals surface area contributed by atoms with Gasteiger partial charge in [0.25, 0.3) is 0 Å². The van der Waals surface area contributed by atoms with Crippen LogP contribution in [0, 0.1) is 0 Å². The number of carbonyl (C=O) groups is 2. The molecule has 30 heavy (non-hydrogen) atoms. The van der Waals surface area contributed by atoms with E-state index in [1.807, 2.05) is 61.5 Å². The maximum Gasteiger partial charge on any atom is 0.242 e. The molecule has 0 aliphatic carbocycles. The van der Waals surface area contributed by atoms with Crippen LogP contribution < -0.4 is 10.1 Å². The Labute approximate surface area is 176 Å². The van der Waals surface area contributed by atoms with Crippen molar-refractivity contribution >= 4 is 22.6 Å². The quantitative estimate of drug-likeness (QED) is 0.687. The summed E-state index contributed by atoms with van der Waals surface area (Å²) >= 11 is 0. The first-order valence-corrected chi connectivity index (χ1v) is 10.4. The Kier molecular flexibility index (Phi) is 5.98. The van der Waals surface area contributed by atoms with Gasteiger partial charge in [-0.1, -0.05) is 48.5 Å². The summed E-state index contributed by atoms with van der Waals surface area (Å²) in [7, 11) is 0. The highest BCUT2D eigenvalue weighted by atomic mass is 16.5. The van der Waals surface area contributed by atoms with Crippen molar-refractivity contribution < 1.29 is 14.3 Å². The number of hydrogen-bond donors (Lipinski definition) is 1. The van der Waals surface area contributed by atoms with Crippen LogP contribution in [-0.2, 0) is 29.0 Å². The molecular formula is C25H26N2O3. The van der Waals surface area contributed by atoms with E-state index < -0.39 is 0 Å². The van der Waals surface area contributed by atoms with E-state index in [1.165, 1.54) is 5.56 Å². The number of rotatable bonds is 6. The molecule has 5 nitrogen and oxygen atoms in total. The zero-order chi connectivity index (χ0) is 20.9. The first-order chi connectivity index (χ1) is 14.6. The maximum absolute atomic E-state index is 12.7. The minimum absolute atomic E-state index is 0.0179. The van der Waals surface area contributed by atoms with E-state index in [0.29, 0.717) is 19.7 Å². The molecule has 1 heterocycles. The van der Waals surface area contributed by atoms with Crippen molar-refractivity contribution in [3.8, 4) is 5.75 Å². The molecule has 0 saturated carbocycles. The summed E-state index contributed by atoms with van der Waals surface area (Å²) < 4.78 is 5.57. The van der Waals surface area contributed by atoms with Crippen LogP contribution in [0.1, 0.15) is 23.6 Å². The summed E-state index contributed by atoms with van der Waals surface area (Å²) in [4.78, 5) is 26.9. The molecule has 1 aliphatic rings. The van der Waals surface area contributed by atoms with Crippen LogP contribution in [-0.4, -0.2) is 36.4 Å². The van der Waals surface area contributed by atoms with E-state index >= 15 is 0 Å². The second kappa shape index (κ2) is 8.99. The Morgan fingerprint density at radius 3 is 2.73 bits per heavy atom. The van der Waals surface area contributed by atoms with Crippen LogP contribution in [0.2, 0.25) is 0 Å². The van der Waals surface area contributed by atoms with E-state index in [2.05, 4.69) is 11.4 Å². The predicted octanol–water partition coefficient (Wildman–Crippen LogP) is 3.48. The van der Waals surface area contributed by atoms with E-state index in [4.69, 9.17) is 4.74 Å². The van der Waals surface area contributed by atoms with Gasteiger partial charge in [-0.05, 0) is 52.9 Å². The number of fused-ring (bicyclic) bond motifs is 2. The van der Waals surface area contributed by atoms with Crippen molar-refractivity contribution in [2.45, 2.75) is 26.3 Å². The Morgan fingerprint density at radius 1 is 1.03 bits per heavy atom. The van der Waals surface area contributed by atoms with E-state index in [-0.39, 0.29) is 24.8 Å². The lowest BCUT2D eigenvalue weighted by atomic mass is 9.99. The molecular weight excluding hydrogens is 376 g/mol. The number of carbonyl (C=O) groups excluding carboxylic acids is 2. The van der Waals surface area contributed by atoms with Gasteiger partial charge in [-0.3, -0.25) is 9.59 Å². The van der Waals surface area contributed by atoms with E-state index in [9.17, 15) is 9.59 Å². The normalized spacial score (nSPS) is 13.0.